The number of carbonyl (C=O) groups is 1. The molecule has 8 heteroatoms. The summed E-state index contributed by atoms with van der Waals surface area (Å²) in [6.45, 7) is 6.90. The number of carbonyl (C=O) groups excluding carboxylic acids is 1. The molecule has 0 saturated heterocycles. The highest BCUT2D eigenvalue weighted by molar-refractivity contribution is 7.90. The minimum absolute atomic E-state index is 0.0628. The molecule has 176 valence electrons. The first-order valence-corrected chi connectivity index (χ1v) is 12.6. The smallest absolute Gasteiger partial charge is 0.421 e. The van der Waals surface area contributed by atoms with Crippen molar-refractivity contribution in [3.8, 4) is 11.1 Å². The Morgan fingerprint density at radius 1 is 1.15 bits per heavy atom. The summed E-state index contributed by atoms with van der Waals surface area (Å²) in [5.41, 5.74) is 3.18. The van der Waals surface area contributed by atoms with Gasteiger partial charge in [-0.3, -0.25) is 0 Å². The van der Waals surface area contributed by atoms with Gasteiger partial charge in [0.2, 0.25) is 0 Å². The Morgan fingerprint density at radius 3 is 2.67 bits per heavy atom. The zero-order valence-electron chi connectivity index (χ0n) is 19.3. The predicted octanol–water partition coefficient (Wildman–Crippen LogP) is 5.01. The largest absolute Gasteiger partial charge is 0.449 e. The van der Waals surface area contributed by atoms with Gasteiger partial charge < -0.3 is 9.30 Å². The quantitative estimate of drug-likeness (QED) is 0.422. The third kappa shape index (κ3) is 6.92. The number of sulfonamides is 1. The third-order valence-corrected chi connectivity index (χ3v) is 6.44. The number of nitrogens with one attached hydrogen (secondary N) is 1. The molecule has 0 aliphatic carbocycles. The molecule has 7 nitrogen and oxygen atoms in total. The number of amides is 1. The van der Waals surface area contributed by atoms with Crippen molar-refractivity contribution in [1.82, 2.24) is 14.3 Å². The van der Waals surface area contributed by atoms with E-state index in [0.717, 1.165) is 29.5 Å². The monoisotopic (exact) mass is 469 g/mol. The van der Waals surface area contributed by atoms with Gasteiger partial charge in [0.05, 0.1) is 17.8 Å². The normalized spacial score (nSPS) is 11.5. The van der Waals surface area contributed by atoms with Crippen LogP contribution in [0.3, 0.4) is 0 Å². The Balaban J connectivity index is 1.97. The van der Waals surface area contributed by atoms with Crippen LogP contribution in [0.2, 0.25) is 0 Å². The van der Waals surface area contributed by atoms with E-state index in [2.05, 4.69) is 23.6 Å². The molecule has 0 saturated carbocycles. The molecule has 3 rings (SSSR count). The van der Waals surface area contributed by atoms with Gasteiger partial charge in [0.25, 0.3) is 10.0 Å². The van der Waals surface area contributed by atoms with Gasteiger partial charge in [0.15, 0.2) is 0 Å². The zero-order valence-corrected chi connectivity index (χ0v) is 20.1. The number of unbranched alkanes of at least 4 members (excludes halogenated alkanes) is 1. The molecule has 0 aliphatic heterocycles. The minimum Gasteiger partial charge on any atom is -0.449 e. The van der Waals surface area contributed by atoms with E-state index in [9.17, 15) is 13.2 Å². The van der Waals surface area contributed by atoms with Crippen LogP contribution < -0.4 is 4.72 Å². The van der Waals surface area contributed by atoms with Crippen molar-refractivity contribution >= 4 is 16.1 Å². The lowest BCUT2D eigenvalue weighted by atomic mass is 9.98. The van der Waals surface area contributed by atoms with E-state index in [1.807, 2.05) is 54.1 Å². The molecular weight excluding hydrogens is 438 g/mol. The van der Waals surface area contributed by atoms with Gasteiger partial charge in [-0.1, -0.05) is 57.5 Å². The first-order valence-electron chi connectivity index (χ1n) is 11.2. The van der Waals surface area contributed by atoms with Crippen LogP contribution in [0.15, 0.2) is 66.1 Å². The van der Waals surface area contributed by atoms with E-state index in [-0.39, 0.29) is 11.5 Å². The number of hydrogen-bond donors (Lipinski definition) is 1. The van der Waals surface area contributed by atoms with Crippen LogP contribution in [0.5, 0.6) is 0 Å². The molecule has 33 heavy (non-hydrogen) atoms. The molecule has 1 heterocycles. The van der Waals surface area contributed by atoms with Crippen LogP contribution in [0.1, 0.15) is 44.7 Å². The average molecular weight is 470 g/mol. The summed E-state index contributed by atoms with van der Waals surface area (Å²) in [6, 6.07) is 13.1. The fourth-order valence-corrected chi connectivity index (χ4v) is 4.73. The second kappa shape index (κ2) is 11.1. The average Bonchev–Trinajstić information content (AvgIpc) is 3.26. The topological polar surface area (TPSA) is 90.3 Å². The van der Waals surface area contributed by atoms with Gasteiger partial charge >= 0.3 is 6.09 Å². The molecule has 0 fully saturated rings. The number of ether oxygens (including phenoxy) is 1. The molecule has 0 atom stereocenters. The Morgan fingerprint density at radius 2 is 1.97 bits per heavy atom. The molecular formula is C25H31N3O4S. The number of rotatable bonds is 10. The zero-order chi connectivity index (χ0) is 23.8. The molecule has 3 aromatic rings. The van der Waals surface area contributed by atoms with Crippen molar-refractivity contribution in [3.63, 3.8) is 0 Å². The van der Waals surface area contributed by atoms with Crippen LogP contribution >= 0.6 is 0 Å². The van der Waals surface area contributed by atoms with Crippen LogP contribution in [0, 0.1) is 5.92 Å². The van der Waals surface area contributed by atoms with Gasteiger partial charge in [-0.15, -0.1) is 0 Å². The van der Waals surface area contributed by atoms with Crippen molar-refractivity contribution in [1.29, 1.82) is 0 Å². The molecule has 1 aromatic heterocycles. The van der Waals surface area contributed by atoms with Crippen molar-refractivity contribution in [2.24, 2.45) is 5.92 Å². The summed E-state index contributed by atoms with van der Waals surface area (Å²) >= 11 is 0. The molecule has 2 aromatic carbocycles. The summed E-state index contributed by atoms with van der Waals surface area (Å²) in [5, 5.41) is 0. The van der Waals surface area contributed by atoms with E-state index in [1.165, 1.54) is 0 Å². The van der Waals surface area contributed by atoms with Gasteiger partial charge in [-0.2, -0.15) is 0 Å². The first-order chi connectivity index (χ1) is 15.8. The Bertz CT molecular complexity index is 1170. The lowest BCUT2D eigenvalue weighted by Gasteiger charge is -2.15. The Labute approximate surface area is 195 Å². The summed E-state index contributed by atoms with van der Waals surface area (Å²) in [6.07, 6.45) is 6.60. The minimum atomic E-state index is -4.14. The van der Waals surface area contributed by atoms with Gasteiger partial charge in [-0.05, 0) is 47.6 Å². The van der Waals surface area contributed by atoms with Crippen LogP contribution in [-0.4, -0.2) is 30.7 Å². The highest BCUT2D eigenvalue weighted by Crippen LogP contribution is 2.30. The number of nitrogens with zero attached hydrogens (tertiary/aromatic N) is 2. The highest BCUT2D eigenvalue weighted by atomic mass is 32.2. The Hall–Kier alpha value is -3.13. The second-order valence-electron chi connectivity index (χ2n) is 8.46. The summed E-state index contributed by atoms with van der Waals surface area (Å²) in [5.74, 6) is 0.358. The molecule has 0 bridgehead atoms. The fraction of sp³-hybridized carbons (Fsp3) is 0.360. The lowest BCUT2D eigenvalue weighted by Crippen LogP contribution is -2.31. The number of benzene rings is 2. The van der Waals surface area contributed by atoms with Gasteiger partial charge in [-0.25, -0.2) is 22.9 Å². The maximum absolute atomic E-state index is 13.2. The lowest BCUT2D eigenvalue weighted by molar-refractivity contribution is 0.151. The number of imidazole rings is 1. The third-order valence-electron chi connectivity index (χ3n) is 5.09. The molecule has 0 aliphatic rings. The molecule has 1 amide bonds. The van der Waals surface area contributed by atoms with Gasteiger partial charge in [0.1, 0.15) is 0 Å². The summed E-state index contributed by atoms with van der Waals surface area (Å²) in [7, 11) is -4.14. The van der Waals surface area contributed by atoms with Crippen LogP contribution in [-0.2, 0) is 27.7 Å². The summed E-state index contributed by atoms with van der Waals surface area (Å²) in [4.78, 5) is 16.3. The van der Waals surface area contributed by atoms with Crippen LogP contribution in [0.25, 0.3) is 11.1 Å². The molecule has 0 radical (unpaired) electrons. The molecule has 1 N–H and O–H groups in total. The summed E-state index contributed by atoms with van der Waals surface area (Å²) < 4.78 is 35.5. The maximum Gasteiger partial charge on any atom is 0.421 e. The predicted molar refractivity (Wildman–Crippen MR) is 128 cm³/mol. The van der Waals surface area contributed by atoms with Gasteiger partial charge in [0, 0.05) is 24.5 Å². The van der Waals surface area contributed by atoms with Crippen molar-refractivity contribution in [2.45, 2.75) is 51.5 Å². The fourth-order valence-electron chi connectivity index (χ4n) is 3.56. The maximum atomic E-state index is 13.2. The van der Waals surface area contributed by atoms with Crippen molar-refractivity contribution in [2.75, 3.05) is 6.61 Å². The SMILES string of the molecule is CCCCOC(=O)NS(=O)(=O)c1cc(CC(C)C)ccc1-c1cccc(Cn2ccnc2)c1. The van der Waals surface area contributed by atoms with Crippen molar-refractivity contribution in [3.05, 3.63) is 72.3 Å². The van der Waals surface area contributed by atoms with E-state index in [0.29, 0.717) is 24.4 Å². The van der Waals surface area contributed by atoms with Crippen molar-refractivity contribution < 1.29 is 17.9 Å². The Kier molecular flexibility index (Phi) is 8.27. The standard InChI is InChI=1S/C25H31N3O4S/c1-4-5-13-32-25(29)27-33(30,31)24-16-20(14-19(2)3)9-10-23(24)22-8-6-7-21(15-22)17-28-12-11-26-18-28/h6-12,15-16,18-19H,4-5,13-14,17H2,1-3H3,(H,27,29). The van der Waals surface area contributed by atoms with E-state index < -0.39 is 16.1 Å². The second-order valence-corrected chi connectivity index (χ2v) is 10.1. The molecule has 0 spiro atoms. The van der Waals surface area contributed by atoms with E-state index in [1.54, 1.807) is 18.6 Å². The highest BCUT2D eigenvalue weighted by Gasteiger charge is 2.23. The van der Waals surface area contributed by atoms with E-state index >= 15 is 0 Å². The van der Waals surface area contributed by atoms with Crippen LogP contribution in [0.4, 0.5) is 4.79 Å². The first kappa shape index (κ1) is 24.5. The molecule has 0 unspecified atom stereocenters. The number of aromatic nitrogens is 2. The number of hydrogen-bond acceptors (Lipinski definition) is 5. The van der Waals surface area contributed by atoms with E-state index in [4.69, 9.17) is 4.74 Å².